The van der Waals surface area contributed by atoms with E-state index in [-0.39, 0.29) is 40.6 Å². The molecule has 0 aromatic rings. The van der Waals surface area contributed by atoms with Crippen LogP contribution in [-0.2, 0) is 4.74 Å². The molecule has 5 rings (SSSR count). The van der Waals surface area contributed by atoms with Crippen LogP contribution in [0.1, 0.15) is 99.8 Å². The molecule has 4 aliphatic carbocycles. The van der Waals surface area contributed by atoms with Crippen LogP contribution in [-0.4, -0.2) is 67.8 Å². The van der Waals surface area contributed by atoms with Crippen LogP contribution in [0.5, 0.6) is 0 Å². The van der Waals surface area contributed by atoms with E-state index in [1.807, 2.05) is 0 Å². The number of hydrogen-bond acceptors (Lipinski definition) is 6. The molecule has 6 nitrogen and oxygen atoms in total. The molecule has 208 valence electrons. The summed E-state index contributed by atoms with van der Waals surface area (Å²) in [5.41, 5.74) is -2.26. The number of rotatable bonds is 3. The van der Waals surface area contributed by atoms with Gasteiger partial charge in [-0.25, -0.2) is 0 Å². The lowest BCUT2D eigenvalue weighted by atomic mass is 9.35. The summed E-state index contributed by atoms with van der Waals surface area (Å²) in [4.78, 5) is 0. The Morgan fingerprint density at radius 3 is 2.06 bits per heavy atom. The Kier molecular flexibility index (Phi) is 6.18. The molecule has 0 amide bonds. The molecule has 0 radical (unpaired) electrons. The highest BCUT2D eigenvalue weighted by atomic mass is 16.5. The fraction of sp³-hybridized carbons (Fsp3) is 1.00. The van der Waals surface area contributed by atoms with E-state index in [1.165, 1.54) is 0 Å². The van der Waals surface area contributed by atoms with Gasteiger partial charge in [-0.1, -0.05) is 27.7 Å². The van der Waals surface area contributed by atoms with Crippen molar-refractivity contribution in [3.8, 4) is 0 Å². The van der Waals surface area contributed by atoms with E-state index in [2.05, 4.69) is 34.6 Å². The number of aliphatic hydroxyl groups is 5. The second-order valence-electron chi connectivity index (χ2n) is 15.5. The first-order valence-corrected chi connectivity index (χ1v) is 14.5. The highest BCUT2D eigenvalue weighted by Crippen LogP contribution is 2.76. The van der Waals surface area contributed by atoms with Crippen LogP contribution in [0.15, 0.2) is 0 Å². The minimum Gasteiger partial charge on any atom is -0.396 e. The highest BCUT2D eigenvalue weighted by Gasteiger charge is 2.72. The molecule has 5 aliphatic rings. The van der Waals surface area contributed by atoms with Gasteiger partial charge in [-0.3, -0.25) is 0 Å². The molecule has 1 heterocycles. The molecule has 13 atom stereocenters. The zero-order valence-electron chi connectivity index (χ0n) is 23.6. The topological polar surface area (TPSA) is 110 Å². The molecule has 5 fully saturated rings. The Morgan fingerprint density at radius 2 is 1.47 bits per heavy atom. The van der Waals surface area contributed by atoms with Gasteiger partial charge in [0.25, 0.3) is 0 Å². The molecule has 4 saturated carbocycles. The van der Waals surface area contributed by atoms with Crippen LogP contribution < -0.4 is 0 Å². The minimum absolute atomic E-state index is 0.00275. The summed E-state index contributed by atoms with van der Waals surface area (Å²) in [6.07, 6.45) is 4.60. The Bertz CT molecular complexity index is 872. The monoisotopic (exact) mass is 508 g/mol. The van der Waals surface area contributed by atoms with Crippen molar-refractivity contribution in [2.75, 3.05) is 6.61 Å². The summed E-state index contributed by atoms with van der Waals surface area (Å²) >= 11 is 0. The maximum absolute atomic E-state index is 11.9. The maximum atomic E-state index is 11.9. The summed E-state index contributed by atoms with van der Waals surface area (Å²) in [5.74, 6) is 0.762. The molecular weight excluding hydrogens is 456 g/mol. The Morgan fingerprint density at radius 1 is 0.833 bits per heavy atom. The smallest absolute Gasteiger partial charge is 0.112 e. The quantitative estimate of drug-likeness (QED) is 0.398. The third kappa shape index (κ3) is 3.37. The molecule has 1 saturated heterocycles. The SMILES string of the molecule is CC(C)(O)[C@H]1O[C@](C)([C@H]2CC[C@]3(C)[C@@H]2[C@H](O)C[C@@H]2[C@@]4(C)CC[C@H](O)[C@@](C)(CO)[C@@H]4CC[C@]23C)C[C@@H]1O. The van der Waals surface area contributed by atoms with Crippen LogP contribution in [0.2, 0.25) is 0 Å². The summed E-state index contributed by atoms with van der Waals surface area (Å²) in [5, 5.41) is 54.7. The average Bonchev–Trinajstić information content (AvgIpc) is 3.32. The summed E-state index contributed by atoms with van der Waals surface area (Å²) < 4.78 is 6.51. The van der Waals surface area contributed by atoms with Gasteiger partial charge in [-0.2, -0.15) is 0 Å². The first-order chi connectivity index (χ1) is 16.5. The Balaban J connectivity index is 1.49. The number of fused-ring (bicyclic) bond motifs is 5. The van der Waals surface area contributed by atoms with Crippen molar-refractivity contribution in [1.29, 1.82) is 0 Å². The number of ether oxygens (including phenoxy) is 1. The molecular formula is C30H52O6. The van der Waals surface area contributed by atoms with E-state index in [0.717, 1.165) is 38.5 Å². The highest BCUT2D eigenvalue weighted by molar-refractivity contribution is 5.21. The van der Waals surface area contributed by atoms with Crippen molar-refractivity contribution in [1.82, 2.24) is 0 Å². The average molecular weight is 509 g/mol. The molecule has 0 spiro atoms. The standard InChI is InChI=1S/C30H52O6/c1-25(2,35)24-19(33)15-30(7,36-24)17-8-12-29(6)23(17)18(32)14-21-26(3)11-10-22(34)27(4,16-31)20(26)9-13-28(21,29)5/h17-24,31-35H,8-16H2,1-7H3/t17-,18+,19-,20+,21+,22-,23-,24-,26-,27-,28+,29+,30-/m0/s1. The largest absolute Gasteiger partial charge is 0.396 e. The summed E-state index contributed by atoms with van der Waals surface area (Å²) in [6.45, 7) is 14.8. The van der Waals surface area contributed by atoms with E-state index in [1.54, 1.807) is 13.8 Å². The van der Waals surface area contributed by atoms with Crippen molar-refractivity contribution in [3.63, 3.8) is 0 Å². The lowest BCUT2D eigenvalue weighted by Crippen LogP contribution is -2.67. The van der Waals surface area contributed by atoms with Gasteiger partial charge in [0, 0.05) is 11.8 Å². The third-order valence-electron chi connectivity index (χ3n) is 13.3. The van der Waals surface area contributed by atoms with Gasteiger partial charge >= 0.3 is 0 Å². The van der Waals surface area contributed by atoms with Gasteiger partial charge in [-0.05, 0) is 106 Å². The van der Waals surface area contributed by atoms with E-state index in [9.17, 15) is 25.5 Å². The van der Waals surface area contributed by atoms with Crippen LogP contribution in [0.25, 0.3) is 0 Å². The van der Waals surface area contributed by atoms with Gasteiger partial charge in [0.1, 0.15) is 6.10 Å². The lowest BCUT2D eigenvalue weighted by molar-refractivity contribution is -0.255. The molecule has 6 heteroatoms. The number of aliphatic hydroxyl groups excluding tert-OH is 4. The van der Waals surface area contributed by atoms with Crippen LogP contribution in [0.3, 0.4) is 0 Å². The molecule has 5 N–H and O–H groups in total. The van der Waals surface area contributed by atoms with Crippen molar-refractivity contribution >= 4 is 0 Å². The number of hydrogen-bond donors (Lipinski definition) is 5. The van der Waals surface area contributed by atoms with Crippen LogP contribution >= 0.6 is 0 Å². The fourth-order valence-corrected chi connectivity index (χ4v) is 11.3. The zero-order valence-corrected chi connectivity index (χ0v) is 23.6. The maximum Gasteiger partial charge on any atom is 0.112 e. The van der Waals surface area contributed by atoms with Crippen molar-refractivity contribution in [2.45, 2.75) is 135 Å². The van der Waals surface area contributed by atoms with Gasteiger partial charge in [0.2, 0.25) is 0 Å². The van der Waals surface area contributed by atoms with Crippen LogP contribution in [0, 0.1) is 45.3 Å². The first-order valence-electron chi connectivity index (χ1n) is 14.5. The van der Waals surface area contributed by atoms with Crippen molar-refractivity contribution in [3.05, 3.63) is 0 Å². The minimum atomic E-state index is -1.13. The lowest BCUT2D eigenvalue weighted by Gasteiger charge is -2.70. The van der Waals surface area contributed by atoms with E-state index in [4.69, 9.17) is 4.74 Å². The molecule has 0 bridgehead atoms. The van der Waals surface area contributed by atoms with Gasteiger partial charge in [0.05, 0.1) is 36.1 Å². The first kappa shape index (κ1) is 27.3. The Labute approximate surface area is 217 Å². The normalized spacial score (nSPS) is 59.3. The predicted octanol–water partition coefficient (Wildman–Crippen LogP) is 3.66. The fourth-order valence-electron chi connectivity index (χ4n) is 11.3. The van der Waals surface area contributed by atoms with E-state index >= 15 is 0 Å². The zero-order chi connectivity index (χ0) is 26.7. The second-order valence-corrected chi connectivity index (χ2v) is 15.5. The van der Waals surface area contributed by atoms with Crippen molar-refractivity contribution < 1.29 is 30.3 Å². The predicted molar refractivity (Wildman–Crippen MR) is 138 cm³/mol. The van der Waals surface area contributed by atoms with Crippen LogP contribution in [0.4, 0.5) is 0 Å². The van der Waals surface area contributed by atoms with Gasteiger partial charge in [-0.15, -0.1) is 0 Å². The molecule has 1 aliphatic heterocycles. The third-order valence-corrected chi connectivity index (χ3v) is 13.3. The van der Waals surface area contributed by atoms with Gasteiger partial charge in [0.15, 0.2) is 0 Å². The van der Waals surface area contributed by atoms with E-state index < -0.39 is 41.0 Å². The van der Waals surface area contributed by atoms with E-state index in [0.29, 0.717) is 18.8 Å². The summed E-state index contributed by atoms with van der Waals surface area (Å²) in [6, 6.07) is 0. The van der Waals surface area contributed by atoms with Gasteiger partial charge < -0.3 is 30.3 Å². The molecule has 0 unspecified atom stereocenters. The summed E-state index contributed by atoms with van der Waals surface area (Å²) in [7, 11) is 0. The molecule has 0 aromatic heterocycles. The Hall–Kier alpha value is -0.240. The van der Waals surface area contributed by atoms with Crippen molar-refractivity contribution in [2.24, 2.45) is 45.3 Å². The molecule has 36 heavy (non-hydrogen) atoms. The molecule has 0 aromatic carbocycles. The second kappa shape index (κ2) is 8.14.